The van der Waals surface area contributed by atoms with Crippen molar-refractivity contribution in [3.8, 4) is 0 Å². The zero-order valence-electron chi connectivity index (χ0n) is 9.85. The molecule has 0 rings (SSSR count). The first-order chi connectivity index (χ1) is 8.57. The molecule has 0 amide bonds. The molecule has 0 aromatic rings. The van der Waals surface area contributed by atoms with E-state index in [1.165, 1.54) is 0 Å². The monoisotopic (exact) mass is 280 g/mol. The average molecular weight is 280 g/mol. The maximum absolute atomic E-state index is 9.99. The first kappa shape index (κ1) is 19.1. The van der Waals surface area contributed by atoms with E-state index in [-0.39, 0.29) is 12.8 Å². The van der Waals surface area contributed by atoms with E-state index in [4.69, 9.17) is 31.9 Å². The highest BCUT2D eigenvalue weighted by atomic mass is 16.4. The third-order valence-electron chi connectivity index (χ3n) is 1.70. The Labute approximate surface area is 107 Å². The molecule has 10 nitrogen and oxygen atoms in total. The lowest BCUT2D eigenvalue weighted by Gasteiger charge is -2.01. The SMILES string of the molecule is NC(CCC(=O)O)C(=O)O.N[C@@H](CC(=O)O)C(=O)O. The Hall–Kier alpha value is -2.20. The third-order valence-corrected chi connectivity index (χ3v) is 1.70. The van der Waals surface area contributed by atoms with E-state index in [0.717, 1.165) is 0 Å². The highest BCUT2D eigenvalue weighted by molar-refractivity contribution is 5.80. The average Bonchev–Trinajstić information content (AvgIpc) is 2.25. The van der Waals surface area contributed by atoms with E-state index < -0.39 is 42.4 Å². The number of carboxylic acid groups (broad SMARTS) is 4. The molecular weight excluding hydrogens is 264 g/mol. The quantitative estimate of drug-likeness (QED) is 0.307. The molecule has 0 aromatic carbocycles. The van der Waals surface area contributed by atoms with Gasteiger partial charge in [0.05, 0.1) is 6.42 Å². The minimum atomic E-state index is -1.29. The summed E-state index contributed by atoms with van der Waals surface area (Å²) in [6.45, 7) is 0. The summed E-state index contributed by atoms with van der Waals surface area (Å²) in [7, 11) is 0. The van der Waals surface area contributed by atoms with Crippen molar-refractivity contribution < 1.29 is 39.6 Å². The van der Waals surface area contributed by atoms with E-state index in [0.29, 0.717) is 0 Å². The number of hydrogen-bond donors (Lipinski definition) is 6. The van der Waals surface area contributed by atoms with Gasteiger partial charge in [-0.05, 0) is 6.42 Å². The van der Waals surface area contributed by atoms with E-state index in [1.54, 1.807) is 0 Å². The Kier molecular flexibility index (Phi) is 9.87. The van der Waals surface area contributed by atoms with Crippen molar-refractivity contribution in [2.24, 2.45) is 11.5 Å². The molecule has 0 aliphatic heterocycles. The molecule has 0 saturated carbocycles. The summed E-state index contributed by atoms with van der Waals surface area (Å²) in [5.74, 6) is -4.69. The second kappa shape index (κ2) is 9.79. The van der Waals surface area contributed by atoms with Gasteiger partial charge in [0, 0.05) is 6.42 Å². The fourth-order valence-electron chi connectivity index (χ4n) is 0.678. The summed E-state index contributed by atoms with van der Waals surface area (Å²) < 4.78 is 0. The summed E-state index contributed by atoms with van der Waals surface area (Å²) in [5, 5.41) is 32.3. The summed E-state index contributed by atoms with van der Waals surface area (Å²) in [6, 6.07) is -2.35. The molecule has 0 aromatic heterocycles. The lowest BCUT2D eigenvalue weighted by Crippen LogP contribution is -2.32. The van der Waals surface area contributed by atoms with Crippen LogP contribution in [0.5, 0.6) is 0 Å². The van der Waals surface area contributed by atoms with Crippen LogP contribution in [0.1, 0.15) is 19.3 Å². The van der Waals surface area contributed by atoms with Crippen LogP contribution in [-0.2, 0) is 19.2 Å². The fraction of sp³-hybridized carbons (Fsp3) is 0.556. The maximum atomic E-state index is 9.99. The number of rotatable bonds is 7. The van der Waals surface area contributed by atoms with Crippen LogP contribution in [0, 0.1) is 0 Å². The van der Waals surface area contributed by atoms with Crippen LogP contribution in [0.2, 0.25) is 0 Å². The second-order valence-corrected chi connectivity index (χ2v) is 3.42. The lowest BCUT2D eigenvalue weighted by atomic mass is 10.2. The van der Waals surface area contributed by atoms with E-state index in [2.05, 4.69) is 0 Å². The van der Waals surface area contributed by atoms with Gasteiger partial charge in [-0.25, -0.2) is 0 Å². The molecule has 110 valence electrons. The minimum Gasteiger partial charge on any atom is -0.481 e. The largest absolute Gasteiger partial charge is 0.481 e. The number of carbonyl (C=O) groups is 4. The van der Waals surface area contributed by atoms with Crippen molar-refractivity contribution in [1.82, 2.24) is 0 Å². The molecule has 0 bridgehead atoms. The van der Waals surface area contributed by atoms with Crippen LogP contribution in [0.3, 0.4) is 0 Å². The first-order valence-electron chi connectivity index (χ1n) is 4.98. The lowest BCUT2D eigenvalue weighted by molar-refractivity contribution is -0.144. The molecule has 0 heterocycles. The second-order valence-electron chi connectivity index (χ2n) is 3.42. The molecule has 8 N–H and O–H groups in total. The molecule has 1 unspecified atom stereocenters. The van der Waals surface area contributed by atoms with Crippen molar-refractivity contribution in [1.29, 1.82) is 0 Å². The predicted molar refractivity (Wildman–Crippen MR) is 60.3 cm³/mol. The van der Waals surface area contributed by atoms with Gasteiger partial charge in [-0.3, -0.25) is 19.2 Å². The summed E-state index contributed by atoms with van der Waals surface area (Å²) in [5.41, 5.74) is 9.84. The Morgan fingerprint density at radius 2 is 1.21 bits per heavy atom. The zero-order chi connectivity index (χ0) is 15.6. The Bertz CT molecular complexity index is 343. The van der Waals surface area contributed by atoms with Crippen molar-refractivity contribution in [3.05, 3.63) is 0 Å². The van der Waals surface area contributed by atoms with Crippen LogP contribution in [0.25, 0.3) is 0 Å². The van der Waals surface area contributed by atoms with Gasteiger partial charge in [-0.15, -0.1) is 0 Å². The highest BCUT2D eigenvalue weighted by Crippen LogP contribution is 1.93. The minimum absolute atomic E-state index is 0.0231. The molecule has 0 saturated heterocycles. The third kappa shape index (κ3) is 13.7. The first-order valence-corrected chi connectivity index (χ1v) is 4.98. The number of aliphatic carboxylic acids is 4. The van der Waals surface area contributed by atoms with Crippen LogP contribution in [0.15, 0.2) is 0 Å². The van der Waals surface area contributed by atoms with Gasteiger partial charge in [-0.2, -0.15) is 0 Å². The van der Waals surface area contributed by atoms with Gasteiger partial charge in [0.25, 0.3) is 0 Å². The topological polar surface area (TPSA) is 201 Å². The van der Waals surface area contributed by atoms with Crippen molar-refractivity contribution in [2.75, 3.05) is 0 Å². The molecule has 0 aliphatic rings. The fourth-order valence-corrected chi connectivity index (χ4v) is 0.678. The molecule has 2 atom stereocenters. The molecule has 19 heavy (non-hydrogen) atoms. The maximum Gasteiger partial charge on any atom is 0.321 e. The van der Waals surface area contributed by atoms with Crippen LogP contribution >= 0.6 is 0 Å². The Morgan fingerprint density at radius 1 is 0.789 bits per heavy atom. The van der Waals surface area contributed by atoms with Gasteiger partial charge in [0.1, 0.15) is 12.1 Å². The molecule has 0 aliphatic carbocycles. The van der Waals surface area contributed by atoms with Crippen molar-refractivity contribution in [3.63, 3.8) is 0 Å². The van der Waals surface area contributed by atoms with E-state index in [9.17, 15) is 19.2 Å². The smallest absolute Gasteiger partial charge is 0.321 e. The van der Waals surface area contributed by atoms with E-state index >= 15 is 0 Å². The molecule has 0 fully saturated rings. The number of carboxylic acids is 4. The molecule has 0 spiro atoms. The standard InChI is InChI=1S/C5H9NO4.C4H7NO4/c6-3(5(9)10)1-2-4(7)8;5-2(4(8)9)1-3(6)7/h3H,1-2,6H2,(H,7,8)(H,9,10);2H,1,5H2,(H,6,7)(H,8,9)/t;2-/m.0/s1. The summed E-state index contributed by atoms with van der Waals surface area (Å²) in [4.78, 5) is 39.5. The molecular formula is C9H16N2O8. The van der Waals surface area contributed by atoms with E-state index in [1.807, 2.05) is 0 Å². The summed E-state index contributed by atoms with van der Waals surface area (Å²) >= 11 is 0. The predicted octanol–water partition coefficient (Wildman–Crippen LogP) is -1.86. The van der Waals surface area contributed by atoms with Gasteiger partial charge < -0.3 is 31.9 Å². The molecule has 0 radical (unpaired) electrons. The highest BCUT2D eigenvalue weighted by Gasteiger charge is 2.14. The zero-order valence-corrected chi connectivity index (χ0v) is 9.85. The number of hydrogen-bond acceptors (Lipinski definition) is 6. The van der Waals surface area contributed by atoms with Crippen molar-refractivity contribution >= 4 is 23.9 Å². The number of nitrogens with two attached hydrogens (primary N) is 2. The van der Waals surface area contributed by atoms with Gasteiger partial charge in [0.15, 0.2) is 0 Å². The summed E-state index contributed by atoms with van der Waals surface area (Å²) in [6.07, 6.45) is -0.756. The van der Waals surface area contributed by atoms with Gasteiger partial charge in [0.2, 0.25) is 0 Å². The van der Waals surface area contributed by atoms with Crippen LogP contribution in [-0.4, -0.2) is 56.4 Å². The molecule has 10 heteroatoms. The van der Waals surface area contributed by atoms with Gasteiger partial charge in [-0.1, -0.05) is 0 Å². The Morgan fingerprint density at radius 3 is 1.42 bits per heavy atom. The normalized spacial score (nSPS) is 12.5. The van der Waals surface area contributed by atoms with Crippen molar-refractivity contribution in [2.45, 2.75) is 31.3 Å². The van der Waals surface area contributed by atoms with Crippen LogP contribution < -0.4 is 11.5 Å². The van der Waals surface area contributed by atoms with Gasteiger partial charge >= 0.3 is 23.9 Å². The van der Waals surface area contributed by atoms with Crippen LogP contribution in [0.4, 0.5) is 0 Å². The Balaban J connectivity index is 0.